The van der Waals surface area contributed by atoms with Crippen LogP contribution in [0.3, 0.4) is 0 Å². The number of ether oxygens (including phenoxy) is 2. The van der Waals surface area contributed by atoms with Gasteiger partial charge >= 0.3 is 0 Å². The van der Waals surface area contributed by atoms with Crippen molar-refractivity contribution in [2.24, 2.45) is 11.1 Å². The number of ketones is 1. The van der Waals surface area contributed by atoms with Crippen molar-refractivity contribution in [3.8, 4) is 17.6 Å². The number of nitrogens with zero attached hydrogens (tertiary/aromatic N) is 2. The van der Waals surface area contributed by atoms with E-state index in [4.69, 9.17) is 15.2 Å². The van der Waals surface area contributed by atoms with Gasteiger partial charge in [-0.05, 0) is 37.0 Å². The van der Waals surface area contributed by atoms with Crippen LogP contribution in [0.5, 0.6) is 11.5 Å². The Bertz CT molecular complexity index is 1330. The number of benzene rings is 2. The third kappa shape index (κ3) is 4.40. The van der Waals surface area contributed by atoms with E-state index in [1.165, 1.54) is 12.1 Å². The first kappa shape index (κ1) is 24.9. The molecule has 2 aliphatic rings. The van der Waals surface area contributed by atoms with Crippen LogP contribution >= 0.6 is 0 Å². The molecule has 186 valence electrons. The molecule has 1 heterocycles. The van der Waals surface area contributed by atoms with E-state index in [9.17, 15) is 14.9 Å². The minimum atomic E-state index is -0.734. The van der Waals surface area contributed by atoms with Crippen LogP contribution in [0, 0.1) is 23.7 Å². The molecular weight excluding hydrogens is 456 g/mol. The maximum Gasteiger partial charge on any atom is 0.270 e. The Labute approximate surface area is 210 Å². The number of hydrazine groups is 1. The minimum Gasteiger partial charge on any atom is -0.497 e. The summed E-state index contributed by atoms with van der Waals surface area (Å²) < 4.78 is 10.9. The summed E-state index contributed by atoms with van der Waals surface area (Å²) in [5.41, 5.74) is 12.3. The van der Waals surface area contributed by atoms with Gasteiger partial charge in [0.05, 0.1) is 37.5 Å². The summed E-state index contributed by atoms with van der Waals surface area (Å²) in [5.74, 6) is -0.0925. The van der Waals surface area contributed by atoms with Crippen molar-refractivity contribution in [3.05, 3.63) is 81.8 Å². The van der Waals surface area contributed by atoms with Crippen LogP contribution in [0.15, 0.2) is 65.1 Å². The number of Topliss-reactive ketones (excluding diaryl/α,β-unsaturated/α-hetero) is 1. The number of hydrogen-bond acceptors (Lipinski definition) is 7. The van der Waals surface area contributed by atoms with Gasteiger partial charge in [-0.15, -0.1) is 0 Å². The Kier molecular flexibility index (Phi) is 6.51. The number of nitrogens with one attached hydrogen (secondary N) is 1. The van der Waals surface area contributed by atoms with Crippen molar-refractivity contribution in [2.75, 3.05) is 14.2 Å². The van der Waals surface area contributed by atoms with E-state index in [2.05, 4.69) is 11.5 Å². The summed E-state index contributed by atoms with van der Waals surface area (Å²) in [6, 6.07) is 14.6. The zero-order valence-corrected chi connectivity index (χ0v) is 21.1. The molecule has 0 aromatic heterocycles. The van der Waals surface area contributed by atoms with E-state index in [0.717, 1.165) is 5.56 Å². The van der Waals surface area contributed by atoms with Crippen molar-refractivity contribution in [2.45, 2.75) is 39.5 Å². The number of amides is 1. The molecule has 3 N–H and O–H groups in total. The molecule has 1 atom stereocenters. The quantitative estimate of drug-likeness (QED) is 0.653. The smallest absolute Gasteiger partial charge is 0.270 e. The second-order valence-corrected chi connectivity index (χ2v) is 9.90. The summed E-state index contributed by atoms with van der Waals surface area (Å²) in [5, 5.41) is 11.6. The summed E-state index contributed by atoms with van der Waals surface area (Å²) in [4.78, 5) is 26.8. The van der Waals surface area contributed by atoms with E-state index < -0.39 is 11.8 Å². The zero-order chi connectivity index (χ0) is 26.2. The highest BCUT2D eigenvalue weighted by Crippen LogP contribution is 2.50. The number of nitrogens with two attached hydrogens (primary N) is 1. The lowest BCUT2D eigenvalue weighted by Crippen LogP contribution is -2.49. The first-order chi connectivity index (χ1) is 17.1. The number of aryl methyl sites for hydroxylation is 1. The predicted octanol–water partition coefficient (Wildman–Crippen LogP) is 4.09. The highest BCUT2D eigenvalue weighted by atomic mass is 16.5. The lowest BCUT2D eigenvalue weighted by Gasteiger charge is -2.43. The summed E-state index contributed by atoms with van der Waals surface area (Å²) >= 11 is 0. The number of methoxy groups -OCH3 is 2. The first-order valence-electron chi connectivity index (χ1n) is 11.7. The van der Waals surface area contributed by atoms with Gasteiger partial charge in [0.1, 0.15) is 17.3 Å². The van der Waals surface area contributed by atoms with Crippen LogP contribution < -0.4 is 20.6 Å². The molecule has 0 bridgehead atoms. The van der Waals surface area contributed by atoms with E-state index in [1.54, 1.807) is 37.4 Å². The Hall–Kier alpha value is -4.25. The third-order valence-corrected chi connectivity index (χ3v) is 6.66. The maximum atomic E-state index is 13.6. The summed E-state index contributed by atoms with van der Waals surface area (Å²) in [7, 11) is 3.07. The minimum absolute atomic E-state index is 0.0742. The highest BCUT2D eigenvalue weighted by molar-refractivity contribution is 6.01. The number of carbonyl (C=O) groups is 2. The molecule has 0 spiro atoms. The normalized spacial score (nSPS) is 18.9. The Morgan fingerprint density at radius 1 is 1.14 bits per heavy atom. The Morgan fingerprint density at radius 2 is 1.83 bits per heavy atom. The van der Waals surface area contributed by atoms with E-state index in [1.807, 2.05) is 32.9 Å². The molecule has 1 amide bonds. The zero-order valence-electron chi connectivity index (χ0n) is 21.1. The van der Waals surface area contributed by atoms with E-state index in [-0.39, 0.29) is 22.6 Å². The molecule has 0 saturated heterocycles. The molecule has 1 aliphatic carbocycles. The van der Waals surface area contributed by atoms with Gasteiger partial charge < -0.3 is 15.2 Å². The lowest BCUT2D eigenvalue weighted by atomic mass is 9.69. The van der Waals surface area contributed by atoms with Crippen molar-refractivity contribution in [1.29, 1.82) is 5.26 Å². The Balaban J connectivity index is 1.88. The van der Waals surface area contributed by atoms with Crippen LogP contribution in [-0.2, 0) is 4.79 Å². The number of carbonyl (C=O) groups excluding carboxylic acids is 2. The fourth-order valence-corrected chi connectivity index (χ4v) is 4.88. The SMILES string of the molecule is COc1ccc(C2C(C#N)=C(N)N(NC(=O)c3ccc(C)cc3)C3=C2C(=O)CC(C)(C)C3)c(OC)c1. The molecule has 8 heteroatoms. The molecule has 0 fully saturated rings. The molecule has 0 saturated carbocycles. The number of allylic oxidation sites excluding steroid dienone is 3. The van der Waals surface area contributed by atoms with Gasteiger partial charge in [0.25, 0.3) is 5.91 Å². The van der Waals surface area contributed by atoms with Gasteiger partial charge in [-0.25, -0.2) is 5.01 Å². The van der Waals surface area contributed by atoms with Crippen LogP contribution in [0.25, 0.3) is 0 Å². The van der Waals surface area contributed by atoms with Crippen molar-refractivity contribution < 1.29 is 19.1 Å². The highest BCUT2D eigenvalue weighted by Gasteiger charge is 2.45. The monoisotopic (exact) mass is 486 g/mol. The largest absolute Gasteiger partial charge is 0.497 e. The number of rotatable bonds is 5. The predicted molar refractivity (Wildman–Crippen MR) is 135 cm³/mol. The molecule has 4 rings (SSSR count). The van der Waals surface area contributed by atoms with Crippen LogP contribution in [0.4, 0.5) is 0 Å². The van der Waals surface area contributed by atoms with E-state index >= 15 is 0 Å². The van der Waals surface area contributed by atoms with Gasteiger partial charge in [-0.1, -0.05) is 37.6 Å². The lowest BCUT2D eigenvalue weighted by molar-refractivity contribution is -0.118. The molecule has 8 nitrogen and oxygen atoms in total. The molecular formula is C28H30N4O4. The van der Waals surface area contributed by atoms with Gasteiger partial charge in [0.15, 0.2) is 5.78 Å². The molecule has 2 aromatic rings. The van der Waals surface area contributed by atoms with Crippen LogP contribution in [0.2, 0.25) is 0 Å². The molecule has 1 aliphatic heterocycles. The van der Waals surface area contributed by atoms with Gasteiger partial charge in [-0.2, -0.15) is 5.26 Å². The average molecular weight is 487 g/mol. The molecule has 1 unspecified atom stereocenters. The topological polar surface area (TPSA) is 118 Å². The fraction of sp³-hybridized carbons (Fsp3) is 0.321. The van der Waals surface area contributed by atoms with Crippen molar-refractivity contribution in [3.63, 3.8) is 0 Å². The van der Waals surface area contributed by atoms with Gasteiger partial charge in [0.2, 0.25) is 0 Å². The fourth-order valence-electron chi connectivity index (χ4n) is 4.88. The summed E-state index contributed by atoms with van der Waals surface area (Å²) in [6.45, 7) is 5.93. The second kappa shape index (κ2) is 9.42. The van der Waals surface area contributed by atoms with Crippen molar-refractivity contribution >= 4 is 11.7 Å². The second-order valence-electron chi connectivity index (χ2n) is 9.90. The average Bonchev–Trinajstić information content (AvgIpc) is 2.84. The van der Waals surface area contributed by atoms with E-state index in [0.29, 0.717) is 46.7 Å². The van der Waals surface area contributed by atoms with Gasteiger partial charge in [0, 0.05) is 29.2 Å². The van der Waals surface area contributed by atoms with Crippen LogP contribution in [0.1, 0.15) is 54.1 Å². The molecule has 0 radical (unpaired) electrons. The van der Waals surface area contributed by atoms with Gasteiger partial charge in [-0.3, -0.25) is 15.0 Å². The number of hydrogen-bond donors (Lipinski definition) is 2. The van der Waals surface area contributed by atoms with Crippen molar-refractivity contribution in [1.82, 2.24) is 10.4 Å². The first-order valence-corrected chi connectivity index (χ1v) is 11.7. The molecule has 2 aromatic carbocycles. The molecule has 36 heavy (non-hydrogen) atoms. The maximum absolute atomic E-state index is 13.6. The third-order valence-electron chi connectivity index (χ3n) is 6.66. The summed E-state index contributed by atoms with van der Waals surface area (Å²) in [6.07, 6.45) is 0.787. The number of nitriles is 1. The van der Waals surface area contributed by atoms with Crippen LogP contribution in [-0.4, -0.2) is 30.9 Å². The Morgan fingerprint density at radius 3 is 2.44 bits per heavy atom. The standard InChI is InChI=1S/C28H30N4O4/c1-16-6-8-17(9-7-16)27(34)31-32-21-13-28(2,3)14-22(33)25(21)24(20(15-29)26(32)30)19-11-10-18(35-4)12-23(19)36-5/h6-12,24H,13-14,30H2,1-5H3,(H,31,34).